The highest BCUT2D eigenvalue weighted by Gasteiger charge is 2.08. The summed E-state index contributed by atoms with van der Waals surface area (Å²) in [4.78, 5) is 4.52. The lowest BCUT2D eigenvalue weighted by Crippen LogP contribution is -2.17. The van der Waals surface area contributed by atoms with Crippen LogP contribution in [0.4, 0.5) is 11.4 Å². The van der Waals surface area contributed by atoms with Gasteiger partial charge in [-0.2, -0.15) is 0 Å². The van der Waals surface area contributed by atoms with Crippen LogP contribution in [-0.2, 0) is 16.4 Å². The van der Waals surface area contributed by atoms with E-state index in [-0.39, 0.29) is 0 Å². The molecule has 5 heteroatoms. The predicted octanol–water partition coefficient (Wildman–Crippen LogP) is 2.79. The van der Waals surface area contributed by atoms with Gasteiger partial charge in [-0.3, -0.25) is 0 Å². The molecule has 0 atom stereocenters. The molecule has 0 saturated heterocycles. The number of hydrogen-bond donors (Lipinski definition) is 0. The second-order valence-corrected chi connectivity index (χ2v) is 7.70. The van der Waals surface area contributed by atoms with E-state index < -0.39 is 9.84 Å². The van der Waals surface area contributed by atoms with Crippen molar-refractivity contribution < 1.29 is 8.42 Å². The molecule has 0 aliphatic carbocycles. The standard InChI is InChI=1S/C17H22N2O2S/c1-18(2)16-7-5-6-14(12-16)13-19(3)15-8-10-17(11-9-15)22(4,20)21/h5-12H,13H2,1-4H3. The molecule has 0 aliphatic heterocycles. The lowest BCUT2D eigenvalue weighted by Gasteiger charge is -2.21. The first-order valence-corrected chi connectivity index (χ1v) is 8.94. The van der Waals surface area contributed by atoms with Crippen LogP contribution in [0.2, 0.25) is 0 Å². The SMILES string of the molecule is CN(C)c1cccc(CN(C)c2ccc(S(C)(=O)=O)cc2)c1. The summed E-state index contributed by atoms with van der Waals surface area (Å²) in [5.74, 6) is 0. The van der Waals surface area contributed by atoms with E-state index >= 15 is 0 Å². The van der Waals surface area contributed by atoms with Crippen LogP contribution >= 0.6 is 0 Å². The van der Waals surface area contributed by atoms with Gasteiger partial charge >= 0.3 is 0 Å². The lowest BCUT2D eigenvalue weighted by atomic mass is 10.1. The van der Waals surface area contributed by atoms with Gasteiger partial charge in [0.05, 0.1) is 4.90 Å². The summed E-state index contributed by atoms with van der Waals surface area (Å²) in [5.41, 5.74) is 3.36. The number of nitrogens with zero attached hydrogens (tertiary/aromatic N) is 2. The molecular formula is C17H22N2O2S. The Labute approximate surface area is 132 Å². The Morgan fingerprint density at radius 2 is 1.55 bits per heavy atom. The minimum atomic E-state index is -3.14. The number of rotatable bonds is 5. The maximum atomic E-state index is 11.5. The van der Waals surface area contributed by atoms with Crippen molar-refractivity contribution in [1.29, 1.82) is 0 Å². The Balaban J connectivity index is 2.15. The number of benzene rings is 2. The lowest BCUT2D eigenvalue weighted by molar-refractivity contribution is 0.602. The van der Waals surface area contributed by atoms with Crippen LogP contribution in [-0.4, -0.2) is 35.8 Å². The van der Waals surface area contributed by atoms with Gasteiger partial charge < -0.3 is 9.80 Å². The molecule has 0 N–H and O–H groups in total. The molecule has 0 spiro atoms. The van der Waals surface area contributed by atoms with E-state index in [1.54, 1.807) is 12.1 Å². The zero-order valence-electron chi connectivity index (χ0n) is 13.4. The molecule has 0 fully saturated rings. The van der Waals surface area contributed by atoms with E-state index in [9.17, 15) is 8.42 Å². The molecule has 0 radical (unpaired) electrons. The van der Waals surface area contributed by atoms with Gasteiger partial charge in [0.1, 0.15) is 0 Å². The van der Waals surface area contributed by atoms with Crippen LogP contribution in [0.25, 0.3) is 0 Å². The van der Waals surface area contributed by atoms with E-state index in [2.05, 4.69) is 28.0 Å². The zero-order valence-corrected chi connectivity index (χ0v) is 14.3. The van der Waals surface area contributed by atoms with Gasteiger partial charge in [-0.05, 0) is 42.0 Å². The third-order valence-corrected chi connectivity index (χ3v) is 4.68. The molecule has 2 aromatic carbocycles. The van der Waals surface area contributed by atoms with Crippen molar-refractivity contribution in [3.05, 3.63) is 54.1 Å². The molecule has 0 amide bonds. The van der Waals surface area contributed by atoms with Crippen molar-refractivity contribution in [3.63, 3.8) is 0 Å². The van der Waals surface area contributed by atoms with Crippen LogP contribution in [0.15, 0.2) is 53.4 Å². The minimum Gasteiger partial charge on any atom is -0.378 e. The van der Waals surface area contributed by atoms with Crippen molar-refractivity contribution in [2.45, 2.75) is 11.4 Å². The Morgan fingerprint density at radius 3 is 2.09 bits per heavy atom. The fourth-order valence-electron chi connectivity index (χ4n) is 2.25. The average Bonchev–Trinajstić information content (AvgIpc) is 2.46. The fraction of sp³-hybridized carbons (Fsp3) is 0.294. The van der Waals surface area contributed by atoms with Gasteiger partial charge in [0.15, 0.2) is 9.84 Å². The molecule has 0 unspecified atom stereocenters. The average molecular weight is 318 g/mol. The monoisotopic (exact) mass is 318 g/mol. The quantitative estimate of drug-likeness (QED) is 0.850. The van der Waals surface area contributed by atoms with Crippen molar-refractivity contribution >= 4 is 21.2 Å². The highest BCUT2D eigenvalue weighted by molar-refractivity contribution is 7.90. The molecule has 22 heavy (non-hydrogen) atoms. The summed E-state index contributed by atoms with van der Waals surface area (Å²) in [5, 5.41) is 0. The molecular weight excluding hydrogens is 296 g/mol. The summed E-state index contributed by atoms with van der Waals surface area (Å²) < 4.78 is 23.0. The van der Waals surface area contributed by atoms with Gasteiger partial charge in [0.25, 0.3) is 0 Å². The topological polar surface area (TPSA) is 40.6 Å². The fourth-order valence-corrected chi connectivity index (χ4v) is 2.88. The highest BCUT2D eigenvalue weighted by atomic mass is 32.2. The minimum absolute atomic E-state index is 0.347. The van der Waals surface area contributed by atoms with Crippen LogP contribution in [0.3, 0.4) is 0 Å². The molecule has 0 saturated carbocycles. The third kappa shape index (κ3) is 4.01. The van der Waals surface area contributed by atoms with Gasteiger partial charge in [-0.15, -0.1) is 0 Å². The summed E-state index contributed by atoms with van der Waals surface area (Å²) in [7, 11) is 2.90. The normalized spacial score (nSPS) is 11.3. The summed E-state index contributed by atoms with van der Waals surface area (Å²) >= 11 is 0. The molecule has 4 nitrogen and oxygen atoms in total. The molecule has 118 valence electrons. The van der Waals surface area contributed by atoms with Crippen molar-refractivity contribution in [1.82, 2.24) is 0 Å². The first-order valence-electron chi connectivity index (χ1n) is 7.05. The second kappa shape index (κ2) is 6.40. The van der Waals surface area contributed by atoms with Gasteiger partial charge in [0.2, 0.25) is 0 Å². The van der Waals surface area contributed by atoms with Crippen LogP contribution in [0.5, 0.6) is 0 Å². The van der Waals surface area contributed by atoms with Crippen molar-refractivity contribution in [2.75, 3.05) is 37.2 Å². The van der Waals surface area contributed by atoms with E-state index in [0.717, 1.165) is 12.2 Å². The van der Waals surface area contributed by atoms with Gasteiger partial charge in [0, 0.05) is 45.3 Å². The Kier molecular flexibility index (Phi) is 4.76. The molecule has 0 heterocycles. The van der Waals surface area contributed by atoms with E-state index in [4.69, 9.17) is 0 Å². The smallest absolute Gasteiger partial charge is 0.175 e. The Morgan fingerprint density at radius 1 is 0.909 bits per heavy atom. The predicted molar refractivity (Wildman–Crippen MR) is 92.4 cm³/mol. The number of hydrogen-bond acceptors (Lipinski definition) is 4. The van der Waals surface area contributed by atoms with Crippen LogP contribution < -0.4 is 9.80 Å². The summed E-state index contributed by atoms with van der Waals surface area (Å²) in [6, 6.07) is 15.3. The first-order chi connectivity index (χ1) is 10.3. The van der Waals surface area contributed by atoms with Crippen LogP contribution in [0, 0.1) is 0 Å². The summed E-state index contributed by atoms with van der Waals surface area (Å²) in [6.07, 6.45) is 1.22. The van der Waals surface area contributed by atoms with Crippen molar-refractivity contribution in [3.8, 4) is 0 Å². The van der Waals surface area contributed by atoms with Gasteiger partial charge in [-0.25, -0.2) is 8.42 Å². The second-order valence-electron chi connectivity index (χ2n) is 5.69. The highest BCUT2D eigenvalue weighted by Crippen LogP contribution is 2.20. The number of sulfone groups is 1. The third-order valence-electron chi connectivity index (χ3n) is 3.55. The molecule has 0 aromatic heterocycles. The van der Waals surface area contributed by atoms with Crippen molar-refractivity contribution in [2.24, 2.45) is 0 Å². The van der Waals surface area contributed by atoms with E-state index in [1.807, 2.05) is 39.3 Å². The number of anilines is 2. The van der Waals surface area contributed by atoms with E-state index in [1.165, 1.54) is 17.5 Å². The zero-order chi connectivity index (χ0) is 16.3. The largest absolute Gasteiger partial charge is 0.378 e. The molecule has 2 rings (SSSR count). The maximum absolute atomic E-state index is 11.5. The maximum Gasteiger partial charge on any atom is 0.175 e. The van der Waals surface area contributed by atoms with Gasteiger partial charge in [-0.1, -0.05) is 12.1 Å². The Hall–Kier alpha value is -2.01. The summed E-state index contributed by atoms with van der Waals surface area (Å²) in [6.45, 7) is 0.764. The Bertz CT molecular complexity index is 738. The molecule has 0 bridgehead atoms. The first kappa shape index (κ1) is 16.4. The van der Waals surface area contributed by atoms with E-state index in [0.29, 0.717) is 4.90 Å². The molecule has 0 aliphatic rings. The van der Waals surface area contributed by atoms with Crippen LogP contribution in [0.1, 0.15) is 5.56 Å². The molecule has 2 aromatic rings.